The third-order valence-electron chi connectivity index (χ3n) is 9.00. The summed E-state index contributed by atoms with van der Waals surface area (Å²) in [5, 5.41) is 4.43. The molecule has 0 bridgehead atoms. The van der Waals surface area contributed by atoms with Crippen LogP contribution in [0.2, 0.25) is 0 Å². The van der Waals surface area contributed by atoms with Gasteiger partial charge in [-0.05, 0) is 89.0 Å². The van der Waals surface area contributed by atoms with Gasteiger partial charge in [0.15, 0.2) is 5.58 Å². The van der Waals surface area contributed by atoms with E-state index in [9.17, 15) is 0 Å². The van der Waals surface area contributed by atoms with E-state index >= 15 is 0 Å². The van der Waals surface area contributed by atoms with Crippen LogP contribution < -0.4 is 9.80 Å². The van der Waals surface area contributed by atoms with Gasteiger partial charge >= 0.3 is 0 Å². The maximum absolute atomic E-state index is 6.90. The number of nitrogens with zero attached hydrogens (tertiary/aromatic N) is 3. The quantitative estimate of drug-likeness (QED) is 0.176. The zero-order valence-corrected chi connectivity index (χ0v) is 26.6. The molecule has 0 aliphatic rings. The predicted octanol–water partition coefficient (Wildman–Crippen LogP) is 12.7. The molecule has 1 heterocycles. The summed E-state index contributed by atoms with van der Waals surface area (Å²) in [7, 11) is 0. The summed E-state index contributed by atoms with van der Waals surface area (Å²) in [5.41, 5.74) is 8.60. The summed E-state index contributed by atoms with van der Waals surface area (Å²) in [5.74, 6) is 0.581. The smallest absolute Gasteiger partial charge is 0.227 e. The Kier molecular flexibility index (Phi) is 7.10. The van der Waals surface area contributed by atoms with Crippen molar-refractivity contribution < 1.29 is 4.42 Å². The van der Waals surface area contributed by atoms with E-state index in [0.717, 1.165) is 61.6 Å². The zero-order valence-electron chi connectivity index (χ0n) is 26.6. The largest absolute Gasteiger partial charge is 0.435 e. The number of para-hydroxylation sites is 3. The van der Waals surface area contributed by atoms with Crippen molar-refractivity contribution in [3.63, 3.8) is 0 Å². The van der Waals surface area contributed by atoms with Gasteiger partial charge in [0, 0.05) is 28.3 Å². The maximum atomic E-state index is 6.90. The SMILES string of the molecule is c1ccc(-c2nc3c(N(c4ccccc4)c4ccccc4)cc4cccc(N(c5ccccc5)c5ccc6ccccc6c5)c4c3o2)cc1. The Morgan fingerprint density at radius 3 is 1.55 bits per heavy atom. The fourth-order valence-electron chi connectivity index (χ4n) is 6.77. The van der Waals surface area contributed by atoms with Crippen molar-refractivity contribution in [2.45, 2.75) is 0 Å². The summed E-state index contributed by atoms with van der Waals surface area (Å²) in [6, 6.07) is 65.5. The topological polar surface area (TPSA) is 32.5 Å². The van der Waals surface area contributed by atoms with E-state index in [4.69, 9.17) is 9.40 Å². The fourth-order valence-corrected chi connectivity index (χ4v) is 6.77. The van der Waals surface area contributed by atoms with E-state index in [1.54, 1.807) is 0 Å². The van der Waals surface area contributed by atoms with Crippen LogP contribution in [0.15, 0.2) is 192 Å². The van der Waals surface area contributed by atoms with Crippen LogP contribution in [0.4, 0.5) is 34.1 Å². The highest BCUT2D eigenvalue weighted by atomic mass is 16.3. The molecular formula is C45H31N3O. The number of hydrogen-bond donors (Lipinski definition) is 0. The molecule has 0 unspecified atom stereocenters. The van der Waals surface area contributed by atoms with E-state index in [1.165, 1.54) is 10.8 Å². The van der Waals surface area contributed by atoms with Crippen LogP contribution in [0.25, 0.3) is 44.1 Å². The first-order valence-corrected chi connectivity index (χ1v) is 16.5. The van der Waals surface area contributed by atoms with E-state index < -0.39 is 0 Å². The van der Waals surface area contributed by atoms with E-state index in [0.29, 0.717) is 5.89 Å². The zero-order chi connectivity index (χ0) is 32.6. The van der Waals surface area contributed by atoms with Crippen molar-refractivity contribution >= 4 is 66.8 Å². The van der Waals surface area contributed by atoms with E-state index in [-0.39, 0.29) is 0 Å². The van der Waals surface area contributed by atoms with Crippen LogP contribution in [0.3, 0.4) is 0 Å². The Bertz CT molecular complexity index is 2510. The highest BCUT2D eigenvalue weighted by Crippen LogP contribution is 2.47. The number of oxazole rings is 1. The minimum absolute atomic E-state index is 0.581. The van der Waals surface area contributed by atoms with Gasteiger partial charge in [-0.15, -0.1) is 0 Å². The van der Waals surface area contributed by atoms with Crippen LogP contribution in [0, 0.1) is 0 Å². The molecule has 49 heavy (non-hydrogen) atoms. The highest BCUT2D eigenvalue weighted by molar-refractivity contribution is 6.17. The number of hydrogen-bond acceptors (Lipinski definition) is 4. The maximum Gasteiger partial charge on any atom is 0.227 e. The van der Waals surface area contributed by atoms with Crippen LogP contribution in [0.1, 0.15) is 0 Å². The van der Waals surface area contributed by atoms with Crippen molar-refractivity contribution in [3.05, 3.63) is 188 Å². The molecule has 9 aromatic rings. The van der Waals surface area contributed by atoms with E-state index in [2.05, 4.69) is 155 Å². The van der Waals surface area contributed by atoms with Gasteiger partial charge in [-0.3, -0.25) is 0 Å². The Morgan fingerprint density at radius 2 is 0.918 bits per heavy atom. The normalized spacial score (nSPS) is 11.3. The molecule has 8 aromatic carbocycles. The second-order valence-corrected chi connectivity index (χ2v) is 12.0. The summed E-state index contributed by atoms with van der Waals surface area (Å²) >= 11 is 0. The van der Waals surface area contributed by atoms with Gasteiger partial charge in [-0.25, -0.2) is 4.98 Å². The van der Waals surface area contributed by atoms with Gasteiger partial charge in [-0.2, -0.15) is 0 Å². The number of fused-ring (bicyclic) bond motifs is 4. The third kappa shape index (κ3) is 5.16. The average molecular weight is 630 g/mol. The Hall–Kier alpha value is -6.65. The highest BCUT2D eigenvalue weighted by Gasteiger charge is 2.25. The molecule has 0 radical (unpaired) electrons. The van der Waals surface area contributed by atoms with Crippen molar-refractivity contribution in [2.24, 2.45) is 0 Å². The van der Waals surface area contributed by atoms with Crippen LogP contribution >= 0.6 is 0 Å². The van der Waals surface area contributed by atoms with Gasteiger partial charge in [0.2, 0.25) is 5.89 Å². The van der Waals surface area contributed by atoms with Gasteiger partial charge in [-0.1, -0.05) is 115 Å². The fraction of sp³-hybridized carbons (Fsp3) is 0. The number of aromatic nitrogens is 1. The molecule has 0 aliphatic heterocycles. The van der Waals surface area contributed by atoms with Gasteiger partial charge in [0.05, 0.1) is 16.8 Å². The molecule has 1 aromatic heterocycles. The Labute approximate surface area is 284 Å². The first-order valence-electron chi connectivity index (χ1n) is 16.5. The summed E-state index contributed by atoms with van der Waals surface area (Å²) in [4.78, 5) is 9.86. The minimum Gasteiger partial charge on any atom is -0.435 e. The number of anilines is 6. The molecule has 9 rings (SSSR count). The van der Waals surface area contributed by atoms with Crippen LogP contribution in [-0.4, -0.2) is 4.98 Å². The van der Waals surface area contributed by atoms with Crippen molar-refractivity contribution in [2.75, 3.05) is 9.80 Å². The Balaban J connectivity index is 1.37. The summed E-state index contributed by atoms with van der Waals surface area (Å²) in [6.45, 7) is 0. The molecule has 232 valence electrons. The third-order valence-corrected chi connectivity index (χ3v) is 9.00. The molecule has 0 atom stereocenters. The lowest BCUT2D eigenvalue weighted by molar-refractivity contribution is 0.623. The van der Waals surface area contributed by atoms with Gasteiger partial charge < -0.3 is 14.2 Å². The molecule has 0 spiro atoms. The molecule has 0 saturated heterocycles. The average Bonchev–Trinajstić information content (AvgIpc) is 3.63. The molecule has 0 saturated carbocycles. The van der Waals surface area contributed by atoms with Crippen molar-refractivity contribution in [1.29, 1.82) is 0 Å². The standard InChI is InChI=1S/C45H31N3O/c1-5-17-33(18-6-1)45-46-43-41(47(36-21-7-2-8-22-36)37-23-9-3-10-24-37)31-35-20-15-27-40(42(35)44(43)49-45)48(38-25-11-4-12-26-38)39-29-28-32-16-13-14-19-34(32)30-39/h1-31H. The van der Waals surface area contributed by atoms with Crippen LogP contribution in [-0.2, 0) is 0 Å². The molecular weight excluding hydrogens is 599 g/mol. The van der Waals surface area contributed by atoms with E-state index in [1.807, 2.05) is 42.5 Å². The minimum atomic E-state index is 0.581. The van der Waals surface area contributed by atoms with Gasteiger partial charge in [0.1, 0.15) is 5.52 Å². The molecule has 0 amide bonds. The first-order chi connectivity index (χ1) is 24.3. The Morgan fingerprint density at radius 1 is 0.388 bits per heavy atom. The van der Waals surface area contributed by atoms with Crippen molar-refractivity contribution in [1.82, 2.24) is 4.98 Å². The number of benzene rings is 8. The number of rotatable bonds is 7. The summed E-state index contributed by atoms with van der Waals surface area (Å²) < 4.78 is 6.90. The second kappa shape index (κ2) is 12.2. The molecule has 0 N–H and O–H groups in total. The molecule has 0 fully saturated rings. The summed E-state index contributed by atoms with van der Waals surface area (Å²) in [6.07, 6.45) is 0. The molecule has 0 aliphatic carbocycles. The van der Waals surface area contributed by atoms with Crippen LogP contribution in [0.5, 0.6) is 0 Å². The molecule has 4 nitrogen and oxygen atoms in total. The predicted molar refractivity (Wildman–Crippen MR) is 204 cm³/mol. The second-order valence-electron chi connectivity index (χ2n) is 12.0. The monoisotopic (exact) mass is 629 g/mol. The lowest BCUT2D eigenvalue weighted by Gasteiger charge is -2.28. The van der Waals surface area contributed by atoms with Gasteiger partial charge in [0.25, 0.3) is 0 Å². The lowest BCUT2D eigenvalue weighted by atomic mass is 10.0. The molecule has 4 heteroatoms. The first kappa shape index (κ1) is 28.6. The lowest BCUT2D eigenvalue weighted by Crippen LogP contribution is -2.12. The van der Waals surface area contributed by atoms with Crippen molar-refractivity contribution in [3.8, 4) is 11.5 Å².